The molecule has 0 radical (unpaired) electrons. The highest BCUT2D eigenvalue weighted by atomic mass is 32.1. The summed E-state index contributed by atoms with van der Waals surface area (Å²) < 4.78 is 26.1. The van der Waals surface area contributed by atoms with E-state index in [1.807, 2.05) is 0 Å². The van der Waals surface area contributed by atoms with E-state index in [2.05, 4.69) is 15.5 Å². The summed E-state index contributed by atoms with van der Waals surface area (Å²) in [6.45, 7) is 7.28. The molecule has 0 unspecified atom stereocenters. The van der Waals surface area contributed by atoms with Crippen LogP contribution < -0.4 is 19.6 Å². The second-order valence-corrected chi connectivity index (χ2v) is 8.17. The average Bonchev–Trinajstić information content (AvgIpc) is 3.14. The Morgan fingerprint density at radius 1 is 1.19 bits per heavy atom. The number of esters is 1. The molecule has 1 heterocycles. The molecule has 1 aromatic carbocycles. The first-order valence-electron chi connectivity index (χ1n) is 9.71. The molecule has 0 bridgehead atoms. The average molecular weight is 466 g/mol. The van der Waals surface area contributed by atoms with Crippen LogP contribution in [0.5, 0.6) is 17.2 Å². The van der Waals surface area contributed by atoms with Crippen molar-refractivity contribution in [1.82, 2.24) is 4.98 Å². The van der Waals surface area contributed by atoms with Crippen molar-refractivity contribution in [2.45, 2.75) is 39.7 Å². The molecule has 11 heteroatoms. The lowest BCUT2D eigenvalue weighted by Crippen LogP contribution is -2.26. The predicted molar refractivity (Wildman–Crippen MR) is 120 cm³/mol. The molecule has 0 aliphatic carbocycles. The van der Waals surface area contributed by atoms with Crippen LogP contribution in [0.25, 0.3) is 0 Å². The third-order valence-corrected chi connectivity index (χ3v) is 4.41. The Kier molecular flexibility index (Phi) is 8.82. The monoisotopic (exact) mass is 465 g/mol. The van der Waals surface area contributed by atoms with Gasteiger partial charge in [-0.15, -0.1) is 11.3 Å². The third-order valence-electron chi connectivity index (χ3n) is 3.61. The summed E-state index contributed by atoms with van der Waals surface area (Å²) in [5.41, 5.74) is 3.31. The van der Waals surface area contributed by atoms with Gasteiger partial charge in [-0.3, -0.25) is 10.2 Å². The molecule has 2 rings (SSSR count). The number of nitrogens with zero attached hydrogens (tertiary/aromatic N) is 2. The van der Waals surface area contributed by atoms with Gasteiger partial charge in [-0.2, -0.15) is 5.10 Å². The second-order valence-electron chi connectivity index (χ2n) is 7.32. The molecule has 0 saturated carbocycles. The van der Waals surface area contributed by atoms with Gasteiger partial charge in [-0.05, 0) is 39.8 Å². The van der Waals surface area contributed by atoms with Crippen LogP contribution in [0.1, 0.15) is 39.0 Å². The molecule has 10 nitrogen and oxygen atoms in total. The van der Waals surface area contributed by atoms with Gasteiger partial charge in [0.25, 0.3) is 0 Å². The van der Waals surface area contributed by atoms with Crippen molar-refractivity contribution < 1.29 is 33.3 Å². The largest absolute Gasteiger partial charge is 0.514 e. The van der Waals surface area contributed by atoms with Crippen molar-refractivity contribution in [2.24, 2.45) is 5.10 Å². The molecule has 1 aromatic heterocycles. The van der Waals surface area contributed by atoms with Crippen molar-refractivity contribution in [1.29, 1.82) is 0 Å². The molecule has 0 atom stereocenters. The van der Waals surface area contributed by atoms with E-state index in [0.29, 0.717) is 23.0 Å². The molecule has 0 fully saturated rings. The Labute approximate surface area is 190 Å². The highest BCUT2D eigenvalue weighted by molar-refractivity contribution is 7.13. The Hall–Kier alpha value is -3.34. The maximum Gasteiger partial charge on any atom is 0.514 e. The molecule has 2 aromatic rings. The fourth-order valence-electron chi connectivity index (χ4n) is 2.39. The minimum atomic E-state index is -0.875. The molecular weight excluding hydrogens is 438 g/mol. The number of methoxy groups -OCH3 is 2. The number of hydrazone groups is 1. The lowest BCUT2D eigenvalue weighted by Gasteiger charge is -2.20. The SMILES string of the molecule is CCOC(=O)Cc1csc(NN=Cc2cc(OC)c(OC(=O)OC(C)(C)C)c(OC)c2)n1. The third kappa shape index (κ3) is 7.73. The summed E-state index contributed by atoms with van der Waals surface area (Å²) in [4.78, 5) is 27.9. The molecule has 0 aliphatic rings. The van der Waals surface area contributed by atoms with Gasteiger partial charge in [-0.25, -0.2) is 9.78 Å². The van der Waals surface area contributed by atoms with E-state index in [1.54, 1.807) is 45.2 Å². The van der Waals surface area contributed by atoms with Crippen molar-refractivity contribution in [3.05, 3.63) is 28.8 Å². The van der Waals surface area contributed by atoms with E-state index in [1.165, 1.54) is 31.8 Å². The Morgan fingerprint density at radius 2 is 1.84 bits per heavy atom. The number of carbonyl (C=O) groups is 2. The number of ether oxygens (including phenoxy) is 5. The van der Waals surface area contributed by atoms with Crippen LogP contribution in [-0.2, 0) is 20.7 Å². The first-order valence-corrected chi connectivity index (χ1v) is 10.6. The van der Waals surface area contributed by atoms with E-state index in [-0.39, 0.29) is 29.6 Å². The summed E-state index contributed by atoms with van der Waals surface area (Å²) in [6.07, 6.45) is 0.748. The van der Waals surface area contributed by atoms with E-state index in [4.69, 9.17) is 23.7 Å². The van der Waals surface area contributed by atoms with Gasteiger partial charge in [0, 0.05) is 10.9 Å². The number of nitrogens with one attached hydrogen (secondary N) is 1. The molecule has 0 saturated heterocycles. The zero-order chi connectivity index (χ0) is 23.7. The van der Waals surface area contributed by atoms with Crippen LogP contribution >= 0.6 is 11.3 Å². The number of anilines is 1. The number of hydrogen-bond donors (Lipinski definition) is 1. The highest BCUT2D eigenvalue weighted by Gasteiger charge is 2.22. The number of benzene rings is 1. The smallest absolute Gasteiger partial charge is 0.493 e. The van der Waals surface area contributed by atoms with Gasteiger partial charge in [0.05, 0.1) is 39.2 Å². The normalized spacial score (nSPS) is 11.2. The summed E-state index contributed by atoms with van der Waals surface area (Å²) >= 11 is 1.31. The lowest BCUT2D eigenvalue weighted by molar-refractivity contribution is -0.142. The van der Waals surface area contributed by atoms with Crippen LogP contribution in [0, 0.1) is 0 Å². The molecule has 174 valence electrons. The number of rotatable bonds is 9. The number of thiazole rings is 1. The van der Waals surface area contributed by atoms with Crippen LogP contribution in [0.4, 0.5) is 9.93 Å². The van der Waals surface area contributed by atoms with Gasteiger partial charge in [0.1, 0.15) is 5.60 Å². The predicted octanol–water partition coefficient (Wildman–Crippen LogP) is 4.03. The van der Waals surface area contributed by atoms with E-state index in [0.717, 1.165) is 0 Å². The van der Waals surface area contributed by atoms with Crippen LogP contribution in [0.2, 0.25) is 0 Å². The van der Waals surface area contributed by atoms with Crippen LogP contribution in [0.15, 0.2) is 22.6 Å². The number of carbonyl (C=O) groups excluding carboxylic acids is 2. The zero-order valence-electron chi connectivity index (χ0n) is 18.9. The van der Waals surface area contributed by atoms with Crippen molar-refractivity contribution >= 4 is 34.8 Å². The van der Waals surface area contributed by atoms with Gasteiger partial charge in [0.2, 0.25) is 10.9 Å². The summed E-state index contributed by atoms with van der Waals surface area (Å²) in [5, 5.41) is 6.42. The number of aromatic nitrogens is 1. The van der Waals surface area contributed by atoms with Crippen molar-refractivity contribution in [3.8, 4) is 17.2 Å². The topological polar surface area (TPSA) is 118 Å². The zero-order valence-corrected chi connectivity index (χ0v) is 19.7. The Bertz CT molecular complexity index is 942. The standard InChI is InChI=1S/C21H27N3O7S/c1-7-29-17(25)10-14-12-32-19(23-14)24-22-11-13-8-15(27-5)18(16(9-13)28-6)30-20(26)31-21(2,3)4/h8-9,11-12H,7,10H2,1-6H3,(H,23,24). The second kappa shape index (κ2) is 11.3. The minimum Gasteiger partial charge on any atom is -0.493 e. The highest BCUT2D eigenvalue weighted by Crippen LogP contribution is 2.38. The summed E-state index contributed by atoms with van der Waals surface area (Å²) in [5.74, 6) is 0.295. The van der Waals surface area contributed by atoms with Gasteiger partial charge >= 0.3 is 12.1 Å². The fourth-order valence-corrected chi connectivity index (χ4v) is 3.05. The molecule has 0 spiro atoms. The van der Waals surface area contributed by atoms with Gasteiger partial charge in [0.15, 0.2) is 11.5 Å². The molecule has 32 heavy (non-hydrogen) atoms. The van der Waals surface area contributed by atoms with E-state index >= 15 is 0 Å². The maximum absolute atomic E-state index is 12.1. The first kappa shape index (κ1) is 24.9. The summed E-state index contributed by atoms with van der Waals surface area (Å²) in [7, 11) is 2.88. The lowest BCUT2D eigenvalue weighted by atomic mass is 10.2. The quantitative estimate of drug-likeness (QED) is 0.253. The molecule has 1 N–H and O–H groups in total. The Morgan fingerprint density at radius 3 is 2.41 bits per heavy atom. The Balaban J connectivity index is 2.10. The first-order chi connectivity index (χ1) is 15.1. The van der Waals surface area contributed by atoms with Crippen molar-refractivity contribution in [3.63, 3.8) is 0 Å². The minimum absolute atomic E-state index is 0.0953. The van der Waals surface area contributed by atoms with Gasteiger partial charge in [-0.1, -0.05) is 0 Å². The fraction of sp³-hybridized carbons (Fsp3) is 0.429. The van der Waals surface area contributed by atoms with E-state index < -0.39 is 11.8 Å². The molecule has 0 aliphatic heterocycles. The molecular formula is C21H27N3O7S. The molecule has 0 amide bonds. The van der Waals surface area contributed by atoms with Crippen LogP contribution in [-0.4, -0.2) is 49.8 Å². The number of hydrogen-bond acceptors (Lipinski definition) is 11. The van der Waals surface area contributed by atoms with E-state index in [9.17, 15) is 9.59 Å². The van der Waals surface area contributed by atoms with Crippen LogP contribution in [0.3, 0.4) is 0 Å². The summed E-state index contributed by atoms with van der Waals surface area (Å²) in [6, 6.07) is 3.25. The van der Waals surface area contributed by atoms with Gasteiger partial charge < -0.3 is 23.7 Å². The maximum atomic E-state index is 12.1. The van der Waals surface area contributed by atoms with Crippen molar-refractivity contribution in [2.75, 3.05) is 26.3 Å².